The molecule has 29 heavy (non-hydrogen) atoms. The lowest BCUT2D eigenvalue weighted by Crippen LogP contribution is -2.58. The van der Waals surface area contributed by atoms with E-state index in [9.17, 15) is 15.0 Å². The predicted octanol–water partition coefficient (Wildman–Crippen LogP) is 4.55. The third-order valence-corrected chi connectivity index (χ3v) is 8.11. The van der Waals surface area contributed by atoms with Gasteiger partial charge < -0.3 is 14.9 Å². The molecule has 162 valence electrons. The van der Waals surface area contributed by atoms with Crippen molar-refractivity contribution in [1.29, 1.82) is 0 Å². The fourth-order valence-corrected chi connectivity index (χ4v) is 6.43. The number of hydrogen-bond acceptors (Lipinski definition) is 4. The van der Waals surface area contributed by atoms with E-state index < -0.39 is 11.7 Å². The second-order valence-electron chi connectivity index (χ2n) is 10.0. The Morgan fingerprint density at radius 2 is 1.76 bits per heavy atom. The van der Waals surface area contributed by atoms with Crippen LogP contribution in [0.3, 0.4) is 0 Å². The van der Waals surface area contributed by atoms with Crippen LogP contribution >= 0.6 is 0 Å². The molecule has 0 saturated heterocycles. The third-order valence-electron chi connectivity index (χ3n) is 8.11. The number of esters is 1. The number of benzene rings is 1. The third kappa shape index (κ3) is 4.39. The Morgan fingerprint density at radius 1 is 1.14 bits per heavy atom. The van der Waals surface area contributed by atoms with Crippen LogP contribution in [0, 0.1) is 41.4 Å². The fraction of sp³-hybridized carbons (Fsp3) is 0.720. The van der Waals surface area contributed by atoms with Crippen LogP contribution in [0.25, 0.3) is 0 Å². The van der Waals surface area contributed by atoms with E-state index in [1.165, 1.54) is 12.8 Å². The van der Waals surface area contributed by atoms with E-state index in [-0.39, 0.29) is 23.7 Å². The van der Waals surface area contributed by atoms with Gasteiger partial charge in [0, 0.05) is 5.92 Å². The first-order chi connectivity index (χ1) is 13.6. The molecule has 4 heteroatoms. The highest BCUT2D eigenvalue weighted by molar-refractivity contribution is 5.89. The topological polar surface area (TPSA) is 66.8 Å². The van der Waals surface area contributed by atoms with Crippen molar-refractivity contribution in [2.24, 2.45) is 41.4 Å². The van der Waals surface area contributed by atoms with Gasteiger partial charge in [-0.05, 0) is 67.9 Å². The first-order valence-electron chi connectivity index (χ1n) is 11.3. The smallest absolute Gasteiger partial charge is 0.338 e. The van der Waals surface area contributed by atoms with E-state index in [1.54, 1.807) is 26.0 Å². The number of aliphatic hydroxyl groups is 2. The maximum Gasteiger partial charge on any atom is 0.338 e. The van der Waals surface area contributed by atoms with E-state index >= 15 is 0 Å². The molecule has 4 nitrogen and oxygen atoms in total. The van der Waals surface area contributed by atoms with Gasteiger partial charge in [0.25, 0.3) is 0 Å². The standard InChI is InChI=1S/C25H38O4/c1-15-11-12-16(2)22-20(15)13-17(3)23(25(5,28)18(4)26)21(22)14-29-24(27)19-9-7-6-8-10-19/h6-10,15-18,20-23,26,28H,11-14H2,1-5H3/t15-,16-,17-,18?,20-,21-,22+,23+,25?/m0/s1. The van der Waals surface area contributed by atoms with Crippen molar-refractivity contribution in [3.63, 3.8) is 0 Å². The van der Waals surface area contributed by atoms with Crippen LogP contribution in [-0.2, 0) is 4.74 Å². The Labute approximate surface area is 175 Å². The molecule has 2 unspecified atom stereocenters. The number of ether oxygens (including phenoxy) is 1. The minimum atomic E-state index is -1.21. The molecule has 2 fully saturated rings. The molecule has 0 aliphatic heterocycles. The summed E-state index contributed by atoms with van der Waals surface area (Å²) in [6.45, 7) is 10.6. The molecule has 0 aromatic heterocycles. The Kier molecular flexibility index (Phi) is 6.74. The normalized spacial score (nSPS) is 37.8. The van der Waals surface area contributed by atoms with Gasteiger partial charge in [-0.1, -0.05) is 51.8 Å². The van der Waals surface area contributed by atoms with Crippen molar-refractivity contribution < 1.29 is 19.7 Å². The zero-order valence-corrected chi connectivity index (χ0v) is 18.5. The molecule has 0 radical (unpaired) electrons. The summed E-state index contributed by atoms with van der Waals surface area (Å²) in [5, 5.41) is 21.7. The second kappa shape index (κ2) is 8.77. The summed E-state index contributed by atoms with van der Waals surface area (Å²) in [7, 11) is 0. The van der Waals surface area contributed by atoms with Gasteiger partial charge in [-0.25, -0.2) is 4.79 Å². The van der Waals surface area contributed by atoms with Crippen LogP contribution in [0.1, 0.15) is 64.2 Å². The summed E-state index contributed by atoms with van der Waals surface area (Å²) in [5.74, 6) is 2.02. The lowest BCUT2D eigenvalue weighted by molar-refractivity contribution is -0.173. The van der Waals surface area contributed by atoms with Gasteiger partial charge in [0.1, 0.15) is 0 Å². The fourth-order valence-electron chi connectivity index (χ4n) is 6.43. The van der Waals surface area contributed by atoms with Crippen molar-refractivity contribution in [1.82, 2.24) is 0 Å². The van der Waals surface area contributed by atoms with Crippen LogP contribution in [0.5, 0.6) is 0 Å². The summed E-state index contributed by atoms with van der Waals surface area (Å²) >= 11 is 0. The first kappa shape index (κ1) is 22.3. The Bertz CT molecular complexity index is 683. The number of fused-ring (bicyclic) bond motifs is 1. The minimum absolute atomic E-state index is 0.0405. The maximum absolute atomic E-state index is 12.6. The van der Waals surface area contributed by atoms with Crippen LogP contribution in [0.2, 0.25) is 0 Å². The molecule has 2 saturated carbocycles. The van der Waals surface area contributed by atoms with Gasteiger partial charge in [-0.2, -0.15) is 0 Å². The molecule has 0 spiro atoms. The average molecular weight is 403 g/mol. The summed E-state index contributed by atoms with van der Waals surface area (Å²) in [6.07, 6.45) is 2.63. The lowest BCUT2D eigenvalue weighted by atomic mass is 9.50. The summed E-state index contributed by atoms with van der Waals surface area (Å²) < 4.78 is 5.82. The molecule has 0 heterocycles. The molecule has 0 bridgehead atoms. The Hall–Kier alpha value is -1.39. The minimum Gasteiger partial charge on any atom is -0.462 e. The van der Waals surface area contributed by atoms with Crippen LogP contribution in [-0.4, -0.2) is 34.5 Å². The summed E-state index contributed by atoms with van der Waals surface area (Å²) in [6, 6.07) is 9.08. The second-order valence-corrected chi connectivity index (χ2v) is 10.0. The van der Waals surface area contributed by atoms with Crippen molar-refractivity contribution in [3.05, 3.63) is 35.9 Å². The molecule has 2 aliphatic rings. The molecule has 9 atom stereocenters. The molecular formula is C25H38O4. The molecule has 1 aromatic carbocycles. The summed E-state index contributed by atoms with van der Waals surface area (Å²) in [5.41, 5.74) is -0.661. The highest BCUT2D eigenvalue weighted by Crippen LogP contribution is 2.55. The number of hydrogen-bond donors (Lipinski definition) is 2. The molecule has 2 aliphatic carbocycles. The monoisotopic (exact) mass is 402 g/mol. The molecule has 2 N–H and O–H groups in total. The van der Waals surface area contributed by atoms with E-state index in [0.717, 1.165) is 6.42 Å². The highest BCUT2D eigenvalue weighted by Gasteiger charge is 2.54. The largest absolute Gasteiger partial charge is 0.462 e. The summed E-state index contributed by atoms with van der Waals surface area (Å²) in [4.78, 5) is 12.6. The quantitative estimate of drug-likeness (QED) is 0.709. The molecule has 3 rings (SSSR count). The van der Waals surface area contributed by atoms with Gasteiger partial charge in [0.15, 0.2) is 0 Å². The molecule has 1 aromatic rings. The van der Waals surface area contributed by atoms with Crippen molar-refractivity contribution in [2.75, 3.05) is 6.61 Å². The number of carbonyl (C=O) groups excluding carboxylic acids is 1. The van der Waals surface area contributed by atoms with Crippen molar-refractivity contribution in [2.45, 2.75) is 65.6 Å². The van der Waals surface area contributed by atoms with E-state index in [0.29, 0.717) is 35.8 Å². The number of aliphatic hydroxyl groups excluding tert-OH is 1. The first-order valence-corrected chi connectivity index (χ1v) is 11.3. The number of carbonyl (C=O) groups is 1. The van der Waals surface area contributed by atoms with Crippen molar-refractivity contribution in [3.8, 4) is 0 Å². The van der Waals surface area contributed by atoms with Gasteiger partial charge in [0.2, 0.25) is 0 Å². The number of rotatable bonds is 5. The van der Waals surface area contributed by atoms with Gasteiger partial charge in [-0.3, -0.25) is 0 Å². The van der Waals surface area contributed by atoms with Gasteiger partial charge in [-0.15, -0.1) is 0 Å². The lowest BCUT2D eigenvalue weighted by Gasteiger charge is -2.56. The van der Waals surface area contributed by atoms with Crippen LogP contribution in [0.4, 0.5) is 0 Å². The predicted molar refractivity (Wildman–Crippen MR) is 114 cm³/mol. The van der Waals surface area contributed by atoms with Gasteiger partial charge >= 0.3 is 5.97 Å². The maximum atomic E-state index is 12.6. The Morgan fingerprint density at radius 3 is 2.38 bits per heavy atom. The van der Waals surface area contributed by atoms with Crippen LogP contribution in [0.15, 0.2) is 30.3 Å². The SMILES string of the molecule is CC(O)C(C)(O)[C@H]1[C@@H](COC(=O)c2ccccc2)[C@H]2[C@@H](C[C@@H]1C)[C@@H](C)CC[C@@H]2C. The molecular weight excluding hydrogens is 364 g/mol. The zero-order chi connectivity index (χ0) is 21.3. The van der Waals surface area contributed by atoms with E-state index in [4.69, 9.17) is 4.74 Å². The Balaban J connectivity index is 1.89. The molecule has 0 amide bonds. The zero-order valence-electron chi connectivity index (χ0n) is 18.5. The van der Waals surface area contributed by atoms with Crippen molar-refractivity contribution >= 4 is 5.97 Å². The van der Waals surface area contributed by atoms with E-state index in [2.05, 4.69) is 20.8 Å². The highest BCUT2D eigenvalue weighted by atomic mass is 16.5. The van der Waals surface area contributed by atoms with E-state index in [1.807, 2.05) is 18.2 Å². The van der Waals surface area contributed by atoms with Gasteiger partial charge in [0.05, 0.1) is 23.9 Å². The average Bonchev–Trinajstić information content (AvgIpc) is 2.68. The van der Waals surface area contributed by atoms with Crippen LogP contribution < -0.4 is 0 Å².